The number of hydrogen-bond acceptors (Lipinski definition) is 12. The molecule has 6 aromatic heterocycles. The molecule has 0 spiro atoms. The summed E-state index contributed by atoms with van der Waals surface area (Å²) < 4.78 is 15.4. The van der Waals surface area contributed by atoms with E-state index in [2.05, 4.69) is 182 Å². The minimum atomic E-state index is 0.596. The van der Waals surface area contributed by atoms with E-state index in [9.17, 15) is 0 Å². The smallest absolute Gasteiger partial charge is 0.164 e. The predicted octanol–water partition coefficient (Wildman–Crippen LogP) is 23.1. The van der Waals surface area contributed by atoms with Crippen LogP contribution < -0.4 is 0 Å². The fourth-order valence-electron chi connectivity index (χ4n) is 12.7. The number of fused-ring (bicyclic) bond motifs is 8. The maximum absolute atomic E-state index is 6.51. The van der Waals surface area contributed by atoms with Gasteiger partial charge in [0.2, 0.25) is 0 Å². The van der Waals surface area contributed by atoms with E-state index in [1.54, 1.807) is 22.7 Å². The third-order valence-corrected chi connectivity index (χ3v) is 19.8. The molecule has 19 rings (SSSR count). The molecule has 460 valence electrons. The molecular formula is C86H52N8O2S2. The Kier molecular flexibility index (Phi) is 14.7. The van der Waals surface area contributed by atoms with Crippen molar-refractivity contribution < 1.29 is 8.83 Å². The predicted molar refractivity (Wildman–Crippen MR) is 400 cm³/mol. The maximum Gasteiger partial charge on any atom is 0.164 e. The number of aromatic nitrogens is 8. The first-order valence-electron chi connectivity index (χ1n) is 32.2. The molecule has 0 atom stereocenters. The van der Waals surface area contributed by atoms with Gasteiger partial charge in [-0.15, -0.1) is 22.7 Å². The van der Waals surface area contributed by atoms with Gasteiger partial charge >= 0.3 is 0 Å². The summed E-state index contributed by atoms with van der Waals surface area (Å²) in [5.41, 5.74) is 19.7. The Morgan fingerprint density at radius 2 is 0.500 bits per heavy atom. The van der Waals surface area contributed by atoms with Crippen LogP contribution in [0.4, 0.5) is 0 Å². The highest BCUT2D eigenvalue weighted by atomic mass is 32.1. The topological polar surface area (TPSA) is 129 Å². The monoisotopic (exact) mass is 1290 g/mol. The van der Waals surface area contributed by atoms with Crippen molar-refractivity contribution >= 4 is 87.0 Å². The van der Waals surface area contributed by atoms with Gasteiger partial charge in [0.05, 0.1) is 20.4 Å². The van der Waals surface area contributed by atoms with Gasteiger partial charge in [0.25, 0.3) is 0 Å². The summed E-state index contributed by atoms with van der Waals surface area (Å²) >= 11 is 3.43. The number of benzene rings is 13. The van der Waals surface area contributed by atoms with Gasteiger partial charge in [-0.3, -0.25) is 0 Å². The van der Waals surface area contributed by atoms with E-state index in [4.69, 9.17) is 48.7 Å². The lowest BCUT2D eigenvalue weighted by atomic mass is 10.0. The van der Waals surface area contributed by atoms with Crippen molar-refractivity contribution in [3.63, 3.8) is 0 Å². The van der Waals surface area contributed by atoms with Gasteiger partial charge in [-0.05, 0) is 94.0 Å². The van der Waals surface area contributed by atoms with Gasteiger partial charge in [-0.25, -0.2) is 39.9 Å². The van der Waals surface area contributed by atoms with Crippen LogP contribution in [0.2, 0.25) is 0 Å². The Bertz CT molecular complexity index is 6030. The number of nitrogens with zero attached hydrogens (tertiary/aromatic N) is 8. The highest BCUT2D eigenvalue weighted by molar-refractivity contribution is 7.22. The normalized spacial score (nSPS) is 11.5. The standard InChI is InChI=1S/C46H28N4OS.C40H24N4OS/c1-3-10-29(11-4-1)30-18-22-33(23-19-30)44-48-43(32-12-5-2-6-13-32)49-45(50-44)37-14-9-16-39-42(37)36-27-26-35(28-40(36)51-39)31-20-24-34(25-21-31)46-47-38-15-7-8-17-41(38)52-46;1-3-10-26(11-4-1)37-42-38(27-12-5-2-6-13-27)44-39(43-37)31-14-9-16-33-36(31)30-23-22-29(24-34(30)45-33)25-18-20-28(21-19-25)40-41-32-15-7-8-17-35(32)46-40/h1-28H;1-24H. The van der Waals surface area contributed by atoms with Crippen LogP contribution in [0.3, 0.4) is 0 Å². The molecule has 0 N–H and O–H groups in total. The molecule has 0 saturated heterocycles. The zero-order chi connectivity index (χ0) is 64.9. The Morgan fingerprint density at radius 1 is 0.204 bits per heavy atom. The van der Waals surface area contributed by atoms with Gasteiger partial charge in [0.15, 0.2) is 34.9 Å². The van der Waals surface area contributed by atoms with E-state index >= 15 is 0 Å². The third kappa shape index (κ3) is 11.1. The van der Waals surface area contributed by atoms with Gasteiger partial charge < -0.3 is 8.83 Å². The molecule has 0 amide bonds. The van der Waals surface area contributed by atoms with E-state index in [0.29, 0.717) is 34.9 Å². The quantitative estimate of drug-likeness (QED) is 0.123. The Hall–Kier alpha value is -12.7. The second-order valence-corrected chi connectivity index (χ2v) is 25.8. The van der Waals surface area contributed by atoms with Crippen LogP contribution in [0, 0.1) is 0 Å². The van der Waals surface area contributed by atoms with E-state index in [-0.39, 0.29) is 0 Å². The van der Waals surface area contributed by atoms with Gasteiger partial charge in [0.1, 0.15) is 32.3 Å². The molecule has 6 heterocycles. The lowest BCUT2D eigenvalue weighted by Crippen LogP contribution is -2.00. The van der Waals surface area contributed by atoms with E-state index < -0.39 is 0 Å². The summed E-state index contributed by atoms with van der Waals surface area (Å²) in [6.07, 6.45) is 0. The lowest BCUT2D eigenvalue weighted by molar-refractivity contribution is 0.668. The molecular weight excluding hydrogens is 1240 g/mol. The Balaban J connectivity index is 0.000000143. The van der Waals surface area contributed by atoms with Gasteiger partial charge in [0, 0.05) is 66.1 Å². The van der Waals surface area contributed by atoms with Crippen LogP contribution in [0.15, 0.2) is 324 Å². The van der Waals surface area contributed by atoms with Crippen LogP contribution >= 0.6 is 22.7 Å². The SMILES string of the molecule is c1ccc(-c2ccc(-c3nc(-c4ccccc4)nc(-c4cccc5oc6cc(-c7ccc(-c8nc9ccccc9s8)cc7)ccc6c45)n3)cc2)cc1.c1ccc(-c2nc(-c3ccccc3)nc(-c3cccc4oc5cc(-c6ccc(-c7nc8ccccc8s7)cc6)ccc5c34)n2)cc1. The highest BCUT2D eigenvalue weighted by Crippen LogP contribution is 2.42. The molecule has 0 fully saturated rings. The van der Waals surface area contributed by atoms with Crippen molar-refractivity contribution in [2.75, 3.05) is 0 Å². The summed E-state index contributed by atoms with van der Waals surface area (Å²) in [6.45, 7) is 0. The number of para-hydroxylation sites is 2. The van der Waals surface area contributed by atoms with Crippen LogP contribution in [-0.4, -0.2) is 39.9 Å². The van der Waals surface area contributed by atoms with Crippen molar-refractivity contribution in [2.45, 2.75) is 0 Å². The van der Waals surface area contributed by atoms with E-state index in [0.717, 1.165) is 137 Å². The van der Waals surface area contributed by atoms with Crippen LogP contribution in [0.1, 0.15) is 0 Å². The molecule has 0 saturated carbocycles. The zero-order valence-corrected chi connectivity index (χ0v) is 53.9. The number of furan rings is 2. The second kappa shape index (κ2) is 24.9. The summed E-state index contributed by atoms with van der Waals surface area (Å²) in [4.78, 5) is 39.6. The first-order valence-corrected chi connectivity index (χ1v) is 33.8. The molecule has 19 aromatic rings. The van der Waals surface area contributed by atoms with Crippen molar-refractivity contribution in [3.05, 3.63) is 315 Å². The number of thiazole rings is 2. The van der Waals surface area contributed by atoms with Crippen molar-refractivity contribution in [1.29, 1.82) is 0 Å². The lowest BCUT2D eigenvalue weighted by Gasteiger charge is -2.10. The molecule has 0 aliphatic heterocycles. The largest absolute Gasteiger partial charge is 0.456 e. The summed E-state index contributed by atoms with van der Waals surface area (Å²) in [5, 5.41) is 6.04. The minimum absolute atomic E-state index is 0.596. The van der Waals surface area contributed by atoms with E-state index in [1.165, 1.54) is 15.0 Å². The first kappa shape index (κ1) is 57.9. The molecule has 0 aliphatic rings. The second-order valence-electron chi connectivity index (χ2n) is 23.8. The summed E-state index contributed by atoms with van der Waals surface area (Å²) in [7, 11) is 0. The van der Waals surface area contributed by atoms with Crippen LogP contribution in [0.5, 0.6) is 0 Å². The van der Waals surface area contributed by atoms with Crippen molar-refractivity contribution in [1.82, 2.24) is 39.9 Å². The maximum atomic E-state index is 6.51. The molecule has 0 aliphatic carbocycles. The number of rotatable bonds is 11. The molecule has 0 bridgehead atoms. The van der Waals surface area contributed by atoms with Crippen molar-refractivity contribution in [2.24, 2.45) is 0 Å². The molecule has 0 unspecified atom stereocenters. The molecule has 10 nitrogen and oxygen atoms in total. The molecule has 98 heavy (non-hydrogen) atoms. The zero-order valence-electron chi connectivity index (χ0n) is 52.2. The van der Waals surface area contributed by atoms with Crippen LogP contribution in [-0.2, 0) is 0 Å². The van der Waals surface area contributed by atoms with Gasteiger partial charge in [-0.1, -0.05) is 255 Å². The Labute approximate surface area is 570 Å². The average molecular weight is 1290 g/mol. The van der Waals surface area contributed by atoms with Gasteiger partial charge in [-0.2, -0.15) is 0 Å². The molecule has 0 radical (unpaired) electrons. The van der Waals surface area contributed by atoms with Crippen LogP contribution in [0.25, 0.3) is 187 Å². The fraction of sp³-hybridized carbons (Fsp3) is 0. The summed E-state index contributed by atoms with van der Waals surface area (Å²) in [6, 6.07) is 108. The summed E-state index contributed by atoms with van der Waals surface area (Å²) in [5.74, 6) is 3.70. The minimum Gasteiger partial charge on any atom is -0.456 e. The fourth-order valence-corrected chi connectivity index (χ4v) is 14.6. The third-order valence-electron chi connectivity index (χ3n) is 17.6. The van der Waals surface area contributed by atoms with Crippen molar-refractivity contribution in [3.8, 4) is 123 Å². The highest BCUT2D eigenvalue weighted by Gasteiger charge is 2.22. The molecule has 13 aromatic carbocycles. The van der Waals surface area contributed by atoms with E-state index in [1.807, 2.05) is 133 Å². The first-order chi connectivity index (χ1) is 48.5. The number of hydrogen-bond donors (Lipinski definition) is 0. The molecule has 12 heteroatoms. The Morgan fingerprint density at radius 3 is 0.888 bits per heavy atom. The average Bonchev–Trinajstić information content (AvgIpc) is 1.58.